The highest BCUT2D eigenvalue weighted by Gasteiger charge is 2.40. The number of hydroxylamine groups is 2. The van der Waals surface area contributed by atoms with Crippen LogP contribution in [0.1, 0.15) is 33.4 Å². The fraction of sp³-hybridized carbons (Fsp3) is 0.294. The van der Waals surface area contributed by atoms with Crippen molar-refractivity contribution in [2.24, 2.45) is 0 Å². The second kappa shape index (κ2) is 6.58. The maximum atomic E-state index is 12.3. The van der Waals surface area contributed by atoms with Gasteiger partial charge in [0.1, 0.15) is 18.9 Å². The van der Waals surface area contributed by atoms with Crippen LogP contribution in [0.25, 0.3) is 0 Å². The number of hydrogen-bond donors (Lipinski definition) is 2. The molecule has 0 radical (unpaired) electrons. The Morgan fingerprint density at radius 2 is 1.78 bits per heavy atom. The van der Waals surface area contributed by atoms with Crippen molar-refractivity contribution < 1.29 is 24.3 Å². The number of aliphatic hydroxyl groups excluding tert-OH is 1. The summed E-state index contributed by atoms with van der Waals surface area (Å²) in [4.78, 5) is 54.9. The van der Waals surface area contributed by atoms with Crippen LogP contribution < -0.4 is 11.2 Å². The fourth-order valence-corrected chi connectivity index (χ4v) is 3.12. The van der Waals surface area contributed by atoms with Gasteiger partial charge in [0.25, 0.3) is 17.4 Å². The summed E-state index contributed by atoms with van der Waals surface area (Å²) in [5.41, 5.74) is -0.719. The second-order valence-corrected chi connectivity index (χ2v) is 6.20. The van der Waals surface area contributed by atoms with Gasteiger partial charge in [-0.2, -0.15) is 0 Å². The third-order valence-corrected chi connectivity index (χ3v) is 4.49. The summed E-state index contributed by atoms with van der Waals surface area (Å²) in [6.45, 7) is -0.263. The summed E-state index contributed by atoms with van der Waals surface area (Å²) in [7, 11) is 0. The van der Waals surface area contributed by atoms with Crippen LogP contribution in [0.4, 0.5) is 0 Å². The summed E-state index contributed by atoms with van der Waals surface area (Å²) < 4.78 is 6.75. The molecule has 0 bridgehead atoms. The molecule has 4 rings (SSSR count). The summed E-state index contributed by atoms with van der Waals surface area (Å²) in [5.74, 6) is -1.17. The molecule has 1 aromatic carbocycles. The summed E-state index contributed by atoms with van der Waals surface area (Å²) >= 11 is 0. The SMILES string of the molecule is O=C1c2ccccc2C(=O)N1OC[C@@H]1O[C@H](n2ccc(=O)[nH]c2=O)CC1O. The van der Waals surface area contributed by atoms with E-state index >= 15 is 0 Å². The van der Waals surface area contributed by atoms with Gasteiger partial charge in [-0.3, -0.25) is 28.8 Å². The molecule has 1 fully saturated rings. The molecule has 10 heteroatoms. The number of aliphatic hydroxyl groups is 1. The Labute approximate surface area is 151 Å². The number of carbonyl (C=O) groups excluding carboxylic acids is 2. The van der Waals surface area contributed by atoms with E-state index in [0.29, 0.717) is 5.06 Å². The van der Waals surface area contributed by atoms with E-state index in [1.807, 2.05) is 0 Å². The molecule has 0 aliphatic carbocycles. The number of nitrogens with zero attached hydrogens (tertiary/aromatic N) is 2. The summed E-state index contributed by atoms with van der Waals surface area (Å²) in [5, 5.41) is 10.8. The molecule has 2 aromatic rings. The molecule has 3 heterocycles. The van der Waals surface area contributed by atoms with Gasteiger partial charge in [-0.1, -0.05) is 12.1 Å². The molecule has 1 saturated heterocycles. The molecule has 2 amide bonds. The van der Waals surface area contributed by atoms with Gasteiger partial charge in [0.2, 0.25) is 0 Å². The minimum atomic E-state index is -0.982. The van der Waals surface area contributed by atoms with Crippen LogP contribution in [0.3, 0.4) is 0 Å². The normalized spacial score (nSPS) is 24.5. The number of imide groups is 1. The van der Waals surface area contributed by atoms with Crippen molar-refractivity contribution in [1.82, 2.24) is 14.6 Å². The van der Waals surface area contributed by atoms with E-state index in [1.165, 1.54) is 24.4 Å². The smallest absolute Gasteiger partial charge is 0.330 e. The largest absolute Gasteiger partial charge is 0.390 e. The highest BCUT2D eigenvalue weighted by atomic mass is 16.7. The number of aromatic amines is 1. The lowest BCUT2D eigenvalue weighted by Gasteiger charge is -2.19. The lowest BCUT2D eigenvalue weighted by molar-refractivity contribution is -0.141. The van der Waals surface area contributed by atoms with E-state index in [0.717, 1.165) is 4.57 Å². The highest BCUT2D eigenvalue weighted by Crippen LogP contribution is 2.29. The first kappa shape index (κ1) is 17.3. The first-order valence-corrected chi connectivity index (χ1v) is 8.21. The summed E-state index contributed by atoms with van der Waals surface area (Å²) in [6.07, 6.45) is -1.30. The number of hydrogen-bond acceptors (Lipinski definition) is 7. The number of rotatable bonds is 4. The molecule has 0 spiro atoms. The van der Waals surface area contributed by atoms with Gasteiger partial charge in [-0.25, -0.2) is 4.79 Å². The standard InChI is InChI=1S/C17H15N3O7/c21-11-7-14(19-6-5-13(22)18-17(19)25)27-12(11)8-26-20-15(23)9-3-1-2-4-10(9)16(20)24/h1-6,11-12,14,21H,7-8H2,(H,18,22,25)/t11?,12-,14-/m0/s1. The Kier molecular flexibility index (Phi) is 4.22. The van der Waals surface area contributed by atoms with Crippen molar-refractivity contribution in [1.29, 1.82) is 0 Å². The van der Waals surface area contributed by atoms with Crippen molar-refractivity contribution in [3.63, 3.8) is 0 Å². The lowest BCUT2D eigenvalue weighted by atomic mass is 10.1. The van der Waals surface area contributed by atoms with E-state index in [4.69, 9.17) is 9.57 Å². The van der Waals surface area contributed by atoms with E-state index in [2.05, 4.69) is 4.98 Å². The number of aromatic nitrogens is 2. The highest BCUT2D eigenvalue weighted by molar-refractivity contribution is 6.20. The number of benzene rings is 1. The van der Waals surface area contributed by atoms with E-state index < -0.39 is 41.5 Å². The monoisotopic (exact) mass is 373 g/mol. The molecule has 2 N–H and O–H groups in total. The zero-order valence-electron chi connectivity index (χ0n) is 13.9. The number of nitrogens with one attached hydrogen (secondary N) is 1. The molecule has 1 unspecified atom stereocenters. The van der Waals surface area contributed by atoms with E-state index in [-0.39, 0.29) is 24.2 Å². The van der Waals surface area contributed by atoms with Gasteiger partial charge in [0, 0.05) is 18.7 Å². The van der Waals surface area contributed by atoms with Gasteiger partial charge in [0.05, 0.1) is 17.2 Å². The Morgan fingerprint density at radius 1 is 1.11 bits per heavy atom. The molecule has 140 valence electrons. The van der Waals surface area contributed by atoms with Crippen molar-refractivity contribution in [3.8, 4) is 0 Å². The minimum Gasteiger partial charge on any atom is -0.390 e. The summed E-state index contributed by atoms with van der Waals surface area (Å²) in [6, 6.07) is 7.50. The van der Waals surface area contributed by atoms with Crippen LogP contribution in [-0.2, 0) is 9.57 Å². The van der Waals surface area contributed by atoms with Crippen molar-refractivity contribution in [2.75, 3.05) is 6.61 Å². The average molecular weight is 373 g/mol. The van der Waals surface area contributed by atoms with Crippen molar-refractivity contribution in [2.45, 2.75) is 24.9 Å². The fourth-order valence-electron chi connectivity index (χ4n) is 3.12. The predicted molar refractivity (Wildman–Crippen MR) is 88.8 cm³/mol. The number of ether oxygens (including phenoxy) is 1. The average Bonchev–Trinajstić information content (AvgIpc) is 3.12. The maximum absolute atomic E-state index is 12.3. The van der Waals surface area contributed by atoms with Gasteiger partial charge in [0.15, 0.2) is 0 Å². The molecular formula is C17H15N3O7. The van der Waals surface area contributed by atoms with Crippen LogP contribution in [0.15, 0.2) is 46.1 Å². The third kappa shape index (κ3) is 2.99. The zero-order valence-corrected chi connectivity index (χ0v) is 13.9. The molecular weight excluding hydrogens is 358 g/mol. The number of carbonyl (C=O) groups is 2. The Bertz CT molecular complexity index is 992. The van der Waals surface area contributed by atoms with E-state index in [1.54, 1.807) is 12.1 Å². The van der Waals surface area contributed by atoms with Crippen LogP contribution >= 0.6 is 0 Å². The van der Waals surface area contributed by atoms with Crippen molar-refractivity contribution in [3.05, 3.63) is 68.5 Å². The quantitative estimate of drug-likeness (QED) is 0.685. The minimum absolute atomic E-state index is 0.0854. The first-order valence-electron chi connectivity index (χ1n) is 8.21. The molecule has 0 saturated carbocycles. The van der Waals surface area contributed by atoms with Crippen LogP contribution in [0, 0.1) is 0 Å². The Hall–Kier alpha value is -3.08. The van der Waals surface area contributed by atoms with E-state index in [9.17, 15) is 24.3 Å². The maximum Gasteiger partial charge on any atom is 0.330 e. The van der Waals surface area contributed by atoms with Crippen LogP contribution in [-0.4, -0.2) is 50.3 Å². The third-order valence-electron chi connectivity index (χ3n) is 4.49. The number of amides is 2. The molecule has 1 aromatic heterocycles. The second-order valence-electron chi connectivity index (χ2n) is 6.20. The number of fused-ring (bicyclic) bond motifs is 1. The van der Waals surface area contributed by atoms with Crippen LogP contribution in [0.5, 0.6) is 0 Å². The topological polar surface area (TPSA) is 131 Å². The first-order chi connectivity index (χ1) is 13.0. The Morgan fingerprint density at radius 3 is 2.41 bits per heavy atom. The molecule has 2 aliphatic rings. The van der Waals surface area contributed by atoms with Crippen molar-refractivity contribution >= 4 is 11.8 Å². The lowest BCUT2D eigenvalue weighted by Crippen LogP contribution is -2.36. The molecule has 2 aliphatic heterocycles. The number of H-pyrrole nitrogens is 1. The van der Waals surface area contributed by atoms with Gasteiger partial charge in [-0.05, 0) is 12.1 Å². The Balaban J connectivity index is 1.44. The predicted octanol–water partition coefficient (Wildman–Crippen LogP) is -0.587. The molecule has 27 heavy (non-hydrogen) atoms. The van der Waals surface area contributed by atoms with Gasteiger partial charge < -0.3 is 9.84 Å². The zero-order chi connectivity index (χ0) is 19.1. The molecule has 10 nitrogen and oxygen atoms in total. The van der Waals surface area contributed by atoms with Crippen LogP contribution in [0.2, 0.25) is 0 Å². The van der Waals surface area contributed by atoms with Gasteiger partial charge >= 0.3 is 5.69 Å². The van der Waals surface area contributed by atoms with Gasteiger partial charge in [-0.15, -0.1) is 5.06 Å². The molecule has 3 atom stereocenters.